The van der Waals surface area contributed by atoms with Gasteiger partial charge < -0.3 is 14.6 Å². The zero-order valence-electron chi connectivity index (χ0n) is 18.4. The molecule has 0 aliphatic rings. The summed E-state index contributed by atoms with van der Waals surface area (Å²) >= 11 is 6.16. The van der Waals surface area contributed by atoms with Gasteiger partial charge in [-0.25, -0.2) is 9.82 Å². The molecule has 2 aromatic carbocycles. The van der Waals surface area contributed by atoms with Crippen LogP contribution in [-0.2, 0) is 0 Å². The lowest BCUT2D eigenvalue weighted by Crippen LogP contribution is -2.15. The molecule has 0 saturated heterocycles. The quantitative estimate of drug-likeness (QED) is 0.194. The number of nitro benzene ring substituents is 1. The van der Waals surface area contributed by atoms with E-state index < -0.39 is 4.92 Å². The molecule has 0 aliphatic heterocycles. The molecule has 2 N–H and O–H groups in total. The molecule has 2 aromatic heterocycles. The first kappa shape index (κ1) is 23.6. The predicted octanol–water partition coefficient (Wildman–Crippen LogP) is 5.09. The number of halogens is 2. The van der Waals surface area contributed by atoms with Crippen LogP contribution in [0.4, 0.5) is 33.6 Å². The SMILES string of the molecule is CN(C)c1nc(N/N=C/c2ccc(-c3ccc([N+](=O)[O-])cc3Cl)o2)nc(Nc2ccc(F)cc2)n1. The fraction of sp³-hybridized carbons (Fsp3) is 0.0909. The van der Waals surface area contributed by atoms with Crippen molar-refractivity contribution in [2.45, 2.75) is 0 Å². The van der Waals surface area contributed by atoms with Crippen molar-refractivity contribution in [1.82, 2.24) is 15.0 Å². The van der Waals surface area contributed by atoms with Gasteiger partial charge in [-0.05, 0) is 42.5 Å². The van der Waals surface area contributed by atoms with Crippen LogP contribution in [0, 0.1) is 15.9 Å². The number of nitrogens with zero attached hydrogens (tertiary/aromatic N) is 6. The molecule has 0 bridgehead atoms. The third-order valence-corrected chi connectivity index (χ3v) is 4.85. The molecular weight excluding hydrogens is 479 g/mol. The minimum atomic E-state index is -0.523. The van der Waals surface area contributed by atoms with Crippen molar-refractivity contribution in [2.24, 2.45) is 5.10 Å². The van der Waals surface area contributed by atoms with E-state index in [1.807, 2.05) is 0 Å². The molecule has 4 aromatic rings. The minimum absolute atomic E-state index is 0.112. The Morgan fingerprint density at radius 1 is 1.09 bits per heavy atom. The Kier molecular flexibility index (Phi) is 6.83. The molecule has 0 aliphatic carbocycles. The molecule has 35 heavy (non-hydrogen) atoms. The third kappa shape index (κ3) is 5.86. The van der Waals surface area contributed by atoms with E-state index in [1.165, 1.54) is 36.5 Å². The molecule has 0 fully saturated rings. The highest BCUT2D eigenvalue weighted by atomic mass is 35.5. The monoisotopic (exact) mass is 496 g/mol. The molecule has 4 rings (SSSR count). The number of benzene rings is 2. The molecule has 0 radical (unpaired) electrons. The average Bonchev–Trinajstić information content (AvgIpc) is 3.29. The second-order valence-electron chi connectivity index (χ2n) is 7.30. The Balaban J connectivity index is 1.49. The first-order valence-corrected chi connectivity index (χ1v) is 10.5. The first-order chi connectivity index (χ1) is 16.8. The molecule has 13 heteroatoms. The highest BCUT2D eigenvalue weighted by Crippen LogP contribution is 2.32. The van der Waals surface area contributed by atoms with Gasteiger partial charge in [-0.15, -0.1) is 0 Å². The first-order valence-electron chi connectivity index (χ1n) is 10.1. The van der Waals surface area contributed by atoms with E-state index in [1.54, 1.807) is 43.3 Å². The molecule has 0 spiro atoms. The summed E-state index contributed by atoms with van der Waals surface area (Å²) in [5, 5.41) is 18.2. The number of rotatable bonds is 8. The molecule has 2 heterocycles. The number of hydrogen-bond donors (Lipinski definition) is 2. The standard InChI is InChI=1S/C22H18ClFN8O3/c1-31(2)22-28-20(26-14-5-3-13(24)4-6-14)27-21(29-22)30-25-12-16-8-10-19(35-16)17-9-7-15(32(33)34)11-18(17)23/h3-12H,1-2H3,(H2,26,27,28,29,30)/b25-12+. The number of hydrogen-bond acceptors (Lipinski definition) is 10. The normalized spacial score (nSPS) is 11.0. The van der Waals surface area contributed by atoms with E-state index in [9.17, 15) is 14.5 Å². The number of aromatic nitrogens is 3. The van der Waals surface area contributed by atoms with Gasteiger partial charge in [-0.1, -0.05) is 11.6 Å². The molecule has 0 amide bonds. The van der Waals surface area contributed by atoms with Crippen molar-refractivity contribution >= 4 is 47.0 Å². The van der Waals surface area contributed by atoms with Crippen LogP contribution in [0.15, 0.2) is 64.1 Å². The lowest BCUT2D eigenvalue weighted by Gasteiger charge is -2.13. The summed E-state index contributed by atoms with van der Waals surface area (Å²) in [5.41, 5.74) is 3.72. The van der Waals surface area contributed by atoms with Gasteiger partial charge in [0.1, 0.15) is 17.3 Å². The van der Waals surface area contributed by atoms with Crippen molar-refractivity contribution in [3.05, 3.63) is 81.3 Å². The van der Waals surface area contributed by atoms with Gasteiger partial charge >= 0.3 is 0 Å². The predicted molar refractivity (Wildman–Crippen MR) is 131 cm³/mol. The minimum Gasteiger partial charge on any atom is -0.455 e. The van der Waals surface area contributed by atoms with Crippen molar-refractivity contribution in [3.63, 3.8) is 0 Å². The van der Waals surface area contributed by atoms with Crippen LogP contribution in [0.1, 0.15) is 5.76 Å². The van der Waals surface area contributed by atoms with Crippen molar-refractivity contribution in [2.75, 3.05) is 29.7 Å². The number of hydrazone groups is 1. The third-order valence-electron chi connectivity index (χ3n) is 4.54. The maximum Gasteiger partial charge on any atom is 0.270 e. The summed E-state index contributed by atoms with van der Waals surface area (Å²) in [5.74, 6) is 1.24. The smallest absolute Gasteiger partial charge is 0.270 e. The Hall–Kier alpha value is -4.58. The van der Waals surface area contributed by atoms with Gasteiger partial charge in [-0.3, -0.25) is 10.1 Å². The van der Waals surface area contributed by atoms with Crippen LogP contribution in [-0.4, -0.2) is 40.2 Å². The zero-order chi connectivity index (χ0) is 24.9. The van der Waals surface area contributed by atoms with E-state index in [0.717, 1.165) is 0 Å². The van der Waals surface area contributed by atoms with Gasteiger partial charge in [0.25, 0.3) is 5.69 Å². The Morgan fingerprint density at radius 3 is 2.51 bits per heavy atom. The van der Waals surface area contributed by atoms with Crippen LogP contribution < -0.4 is 15.6 Å². The van der Waals surface area contributed by atoms with Crippen molar-refractivity contribution in [3.8, 4) is 11.3 Å². The fourth-order valence-corrected chi connectivity index (χ4v) is 3.14. The fourth-order valence-electron chi connectivity index (χ4n) is 2.87. The summed E-state index contributed by atoms with van der Waals surface area (Å²) in [4.78, 5) is 24.9. The Bertz CT molecular complexity index is 1390. The molecule has 0 atom stereocenters. The topological polar surface area (TPSA) is 135 Å². The van der Waals surface area contributed by atoms with Gasteiger partial charge in [0.15, 0.2) is 0 Å². The van der Waals surface area contributed by atoms with Crippen LogP contribution in [0.25, 0.3) is 11.3 Å². The molecule has 0 saturated carbocycles. The van der Waals surface area contributed by atoms with E-state index in [0.29, 0.717) is 28.7 Å². The number of anilines is 4. The average molecular weight is 497 g/mol. The van der Waals surface area contributed by atoms with Gasteiger partial charge in [0, 0.05) is 37.5 Å². The van der Waals surface area contributed by atoms with Crippen molar-refractivity contribution in [1.29, 1.82) is 0 Å². The number of non-ortho nitro benzene ring substituents is 1. The van der Waals surface area contributed by atoms with Gasteiger partial charge in [0.05, 0.1) is 16.2 Å². The van der Waals surface area contributed by atoms with Crippen LogP contribution in [0.5, 0.6) is 0 Å². The highest BCUT2D eigenvalue weighted by Gasteiger charge is 2.13. The number of nitro groups is 1. The van der Waals surface area contributed by atoms with Crippen LogP contribution in [0.2, 0.25) is 5.02 Å². The van der Waals surface area contributed by atoms with E-state index in [-0.39, 0.29) is 28.4 Å². The maximum atomic E-state index is 13.2. The second-order valence-corrected chi connectivity index (χ2v) is 7.71. The summed E-state index contributed by atoms with van der Waals surface area (Å²) in [6, 6.07) is 13.2. The van der Waals surface area contributed by atoms with Crippen LogP contribution >= 0.6 is 11.6 Å². The largest absolute Gasteiger partial charge is 0.455 e. The Labute approximate surface area is 203 Å². The number of furan rings is 1. The lowest BCUT2D eigenvalue weighted by molar-refractivity contribution is -0.384. The lowest BCUT2D eigenvalue weighted by atomic mass is 10.1. The molecule has 0 unspecified atom stereocenters. The second kappa shape index (κ2) is 10.1. The highest BCUT2D eigenvalue weighted by molar-refractivity contribution is 6.33. The molecular formula is C22H18ClFN8O3. The van der Waals surface area contributed by atoms with E-state index in [4.69, 9.17) is 16.0 Å². The summed E-state index contributed by atoms with van der Waals surface area (Å²) < 4.78 is 18.9. The summed E-state index contributed by atoms with van der Waals surface area (Å²) in [6.07, 6.45) is 1.41. The zero-order valence-corrected chi connectivity index (χ0v) is 19.2. The number of nitrogens with one attached hydrogen (secondary N) is 2. The van der Waals surface area contributed by atoms with Crippen molar-refractivity contribution < 1.29 is 13.7 Å². The van der Waals surface area contributed by atoms with Gasteiger partial charge in [0.2, 0.25) is 17.8 Å². The molecule has 178 valence electrons. The van der Waals surface area contributed by atoms with E-state index >= 15 is 0 Å². The van der Waals surface area contributed by atoms with Gasteiger partial charge in [-0.2, -0.15) is 20.1 Å². The molecule has 11 nitrogen and oxygen atoms in total. The summed E-state index contributed by atoms with van der Waals surface area (Å²) in [7, 11) is 3.55. The van der Waals surface area contributed by atoms with E-state index in [2.05, 4.69) is 30.8 Å². The summed E-state index contributed by atoms with van der Waals surface area (Å²) in [6.45, 7) is 0. The maximum absolute atomic E-state index is 13.2. The van der Waals surface area contributed by atoms with Crippen LogP contribution in [0.3, 0.4) is 0 Å². The Morgan fingerprint density at radius 2 is 1.83 bits per heavy atom.